The van der Waals surface area contributed by atoms with Gasteiger partial charge in [0.05, 0.1) is 7.11 Å². The topological polar surface area (TPSA) is 9.23 Å². The number of hydrogen-bond acceptors (Lipinski definition) is 1. The van der Waals surface area contributed by atoms with Crippen LogP contribution in [0.1, 0.15) is 24.8 Å². The molecule has 0 bridgehead atoms. The number of rotatable bonds is 2. The van der Waals surface area contributed by atoms with E-state index in [9.17, 15) is 0 Å². The third kappa shape index (κ3) is 1.31. The van der Waals surface area contributed by atoms with E-state index >= 15 is 0 Å². The molecule has 12 heavy (non-hydrogen) atoms. The minimum atomic E-state index is 0.816. The first-order chi connectivity index (χ1) is 5.81. The molecule has 0 aromatic heterocycles. The Morgan fingerprint density at radius 2 is 1.83 bits per heavy atom. The summed E-state index contributed by atoms with van der Waals surface area (Å²) in [5, 5.41) is 0. The van der Waals surface area contributed by atoms with E-state index in [4.69, 9.17) is 4.74 Å². The normalized spacial score (nSPS) is 26.8. The van der Waals surface area contributed by atoms with Crippen LogP contribution < -0.4 is 4.74 Å². The first-order valence-corrected chi connectivity index (χ1v) is 4.45. The van der Waals surface area contributed by atoms with Crippen molar-refractivity contribution < 1.29 is 4.74 Å². The molecule has 1 aliphatic carbocycles. The molecule has 0 amide bonds. The average Bonchev–Trinajstić information content (AvgIpc) is 2.83. The molecule has 0 N–H and O–H groups in total. The molecule has 0 radical (unpaired) electrons. The summed E-state index contributed by atoms with van der Waals surface area (Å²) in [6.45, 7) is 2.30. The van der Waals surface area contributed by atoms with Gasteiger partial charge < -0.3 is 4.74 Å². The molecule has 0 unspecified atom stereocenters. The Morgan fingerprint density at radius 3 is 2.25 bits per heavy atom. The summed E-state index contributed by atoms with van der Waals surface area (Å²) in [6, 6.07) is 8.43. The Labute approximate surface area is 73.4 Å². The van der Waals surface area contributed by atoms with Crippen molar-refractivity contribution in [3.05, 3.63) is 29.8 Å². The van der Waals surface area contributed by atoms with Gasteiger partial charge in [-0.2, -0.15) is 0 Å². The fourth-order valence-electron chi connectivity index (χ4n) is 1.64. The zero-order valence-corrected chi connectivity index (χ0v) is 7.58. The lowest BCUT2D eigenvalue weighted by Crippen LogP contribution is -1.84. The summed E-state index contributed by atoms with van der Waals surface area (Å²) >= 11 is 0. The van der Waals surface area contributed by atoms with Gasteiger partial charge in [0.1, 0.15) is 5.75 Å². The van der Waals surface area contributed by atoms with Crippen LogP contribution >= 0.6 is 0 Å². The lowest BCUT2D eigenvalue weighted by molar-refractivity contribution is 0.414. The van der Waals surface area contributed by atoms with Crippen LogP contribution in [0, 0.1) is 5.92 Å². The molecule has 1 saturated carbocycles. The van der Waals surface area contributed by atoms with Gasteiger partial charge in [-0.15, -0.1) is 0 Å². The van der Waals surface area contributed by atoms with E-state index in [-0.39, 0.29) is 0 Å². The molecule has 1 heteroatoms. The highest BCUT2D eigenvalue weighted by molar-refractivity contribution is 5.32. The predicted molar refractivity (Wildman–Crippen MR) is 49.5 cm³/mol. The van der Waals surface area contributed by atoms with Crippen LogP contribution in [-0.4, -0.2) is 7.11 Å². The van der Waals surface area contributed by atoms with Crippen molar-refractivity contribution in [2.24, 2.45) is 5.92 Å². The second-order valence-electron chi connectivity index (χ2n) is 3.59. The van der Waals surface area contributed by atoms with E-state index in [0.29, 0.717) is 0 Å². The van der Waals surface area contributed by atoms with Gasteiger partial charge in [0.25, 0.3) is 0 Å². The highest BCUT2D eigenvalue weighted by atomic mass is 16.5. The Morgan fingerprint density at radius 1 is 1.25 bits per heavy atom. The quantitative estimate of drug-likeness (QED) is 0.649. The standard InChI is InChI=1S/C11H14O/c1-8-7-11(8)9-3-5-10(12-2)6-4-9/h3-6,8,11H,7H2,1-2H3/t8-,11+/m0/s1. The van der Waals surface area contributed by atoms with E-state index in [0.717, 1.165) is 17.6 Å². The second-order valence-corrected chi connectivity index (χ2v) is 3.59. The number of benzene rings is 1. The van der Waals surface area contributed by atoms with E-state index in [1.807, 2.05) is 12.1 Å². The van der Waals surface area contributed by atoms with E-state index in [1.165, 1.54) is 12.0 Å². The van der Waals surface area contributed by atoms with E-state index in [2.05, 4.69) is 19.1 Å². The third-order valence-corrected chi connectivity index (χ3v) is 2.65. The predicted octanol–water partition coefficient (Wildman–Crippen LogP) is 2.82. The molecule has 0 heterocycles. The van der Waals surface area contributed by atoms with Crippen LogP contribution in [0.2, 0.25) is 0 Å². The highest BCUT2D eigenvalue weighted by Gasteiger charge is 2.33. The molecule has 2 atom stereocenters. The van der Waals surface area contributed by atoms with Crippen LogP contribution in [0.3, 0.4) is 0 Å². The summed E-state index contributed by atoms with van der Waals surface area (Å²) in [4.78, 5) is 0. The Bertz CT molecular complexity index is 263. The zero-order valence-electron chi connectivity index (χ0n) is 7.58. The Hall–Kier alpha value is -0.980. The molecule has 2 rings (SSSR count). The Balaban J connectivity index is 2.14. The molecule has 64 valence electrons. The number of hydrogen-bond donors (Lipinski definition) is 0. The molecular formula is C11H14O. The summed E-state index contributed by atoms with van der Waals surface area (Å²) in [5.41, 5.74) is 1.46. The van der Waals surface area contributed by atoms with Gasteiger partial charge in [0, 0.05) is 0 Å². The highest BCUT2D eigenvalue weighted by Crippen LogP contribution is 2.46. The van der Waals surface area contributed by atoms with Gasteiger partial charge in [0.15, 0.2) is 0 Å². The first kappa shape index (κ1) is 7.66. The zero-order chi connectivity index (χ0) is 8.55. The monoisotopic (exact) mass is 162 g/mol. The molecule has 1 aliphatic rings. The molecule has 1 aromatic rings. The molecular weight excluding hydrogens is 148 g/mol. The third-order valence-electron chi connectivity index (χ3n) is 2.65. The largest absolute Gasteiger partial charge is 0.497 e. The molecule has 1 nitrogen and oxygen atoms in total. The van der Waals surface area contributed by atoms with Gasteiger partial charge in [-0.3, -0.25) is 0 Å². The van der Waals surface area contributed by atoms with Crippen molar-refractivity contribution in [2.75, 3.05) is 7.11 Å². The van der Waals surface area contributed by atoms with Crippen molar-refractivity contribution in [3.8, 4) is 5.75 Å². The molecule has 0 saturated heterocycles. The lowest BCUT2D eigenvalue weighted by atomic mass is 10.1. The fourth-order valence-corrected chi connectivity index (χ4v) is 1.64. The van der Waals surface area contributed by atoms with Crippen LogP contribution in [0.15, 0.2) is 24.3 Å². The summed E-state index contributed by atoms with van der Waals surface area (Å²) in [6.07, 6.45) is 1.35. The summed E-state index contributed by atoms with van der Waals surface area (Å²) < 4.78 is 5.10. The average molecular weight is 162 g/mol. The van der Waals surface area contributed by atoms with Gasteiger partial charge >= 0.3 is 0 Å². The van der Waals surface area contributed by atoms with Crippen molar-refractivity contribution in [3.63, 3.8) is 0 Å². The smallest absolute Gasteiger partial charge is 0.118 e. The van der Waals surface area contributed by atoms with Gasteiger partial charge in [0.2, 0.25) is 0 Å². The maximum atomic E-state index is 5.10. The molecule has 0 spiro atoms. The molecule has 0 aliphatic heterocycles. The van der Waals surface area contributed by atoms with Gasteiger partial charge in [-0.1, -0.05) is 19.1 Å². The summed E-state index contributed by atoms with van der Waals surface area (Å²) in [7, 11) is 1.70. The second kappa shape index (κ2) is 2.81. The number of methoxy groups -OCH3 is 1. The molecule has 1 fully saturated rings. The molecule has 1 aromatic carbocycles. The SMILES string of the molecule is COc1ccc([C@@H]2C[C@@H]2C)cc1. The van der Waals surface area contributed by atoms with Crippen LogP contribution in [0.4, 0.5) is 0 Å². The maximum Gasteiger partial charge on any atom is 0.118 e. The van der Waals surface area contributed by atoms with Crippen molar-refractivity contribution in [1.82, 2.24) is 0 Å². The summed E-state index contributed by atoms with van der Waals surface area (Å²) in [5.74, 6) is 2.65. The first-order valence-electron chi connectivity index (χ1n) is 4.45. The van der Waals surface area contributed by atoms with Gasteiger partial charge in [-0.25, -0.2) is 0 Å². The minimum Gasteiger partial charge on any atom is -0.497 e. The maximum absolute atomic E-state index is 5.10. The van der Waals surface area contributed by atoms with E-state index < -0.39 is 0 Å². The van der Waals surface area contributed by atoms with Crippen LogP contribution in [0.5, 0.6) is 5.75 Å². The van der Waals surface area contributed by atoms with Crippen molar-refractivity contribution >= 4 is 0 Å². The van der Waals surface area contributed by atoms with Crippen molar-refractivity contribution in [2.45, 2.75) is 19.3 Å². The Kier molecular flexibility index (Phi) is 1.80. The minimum absolute atomic E-state index is 0.816. The van der Waals surface area contributed by atoms with Crippen LogP contribution in [-0.2, 0) is 0 Å². The van der Waals surface area contributed by atoms with Crippen molar-refractivity contribution in [1.29, 1.82) is 0 Å². The van der Waals surface area contributed by atoms with Crippen LogP contribution in [0.25, 0.3) is 0 Å². The van der Waals surface area contributed by atoms with E-state index in [1.54, 1.807) is 7.11 Å². The fraction of sp³-hybridized carbons (Fsp3) is 0.455. The van der Waals surface area contributed by atoms with Gasteiger partial charge in [-0.05, 0) is 36.0 Å². The number of ether oxygens (including phenoxy) is 1. The lowest BCUT2D eigenvalue weighted by Gasteiger charge is -2.01.